The van der Waals surface area contributed by atoms with Crippen molar-refractivity contribution in [3.8, 4) is 23.1 Å². The third kappa shape index (κ3) is 4.39. The first-order valence-corrected chi connectivity index (χ1v) is 10.8. The van der Waals surface area contributed by atoms with Crippen LogP contribution in [0.5, 0.6) is 23.1 Å². The Kier molecular flexibility index (Phi) is 5.55. The molecule has 5 rings (SSSR count). The predicted molar refractivity (Wildman–Crippen MR) is 114 cm³/mol. The molecule has 31 heavy (non-hydrogen) atoms. The van der Waals surface area contributed by atoms with E-state index in [0.29, 0.717) is 59.6 Å². The molecule has 0 spiro atoms. The fraction of sp³-hybridized carbons (Fsp3) is 0.478. The average Bonchev–Trinajstić information content (AvgIpc) is 3.49. The van der Waals surface area contributed by atoms with Crippen LogP contribution in [0.15, 0.2) is 30.5 Å². The summed E-state index contributed by atoms with van der Waals surface area (Å²) in [6.07, 6.45) is 6.22. The number of amides is 1. The number of pyridine rings is 1. The number of carbonyl (C=O) groups excluding carboxylic acids is 1. The van der Waals surface area contributed by atoms with E-state index in [1.54, 1.807) is 24.1 Å². The van der Waals surface area contributed by atoms with E-state index in [4.69, 9.17) is 18.9 Å². The Morgan fingerprint density at radius 1 is 1.16 bits per heavy atom. The Morgan fingerprint density at radius 2 is 2.06 bits per heavy atom. The number of carbonyl (C=O) groups is 1. The number of benzene rings is 1. The summed E-state index contributed by atoms with van der Waals surface area (Å²) >= 11 is 0. The Morgan fingerprint density at radius 3 is 2.84 bits per heavy atom. The number of rotatable bonds is 8. The van der Waals surface area contributed by atoms with E-state index >= 15 is 0 Å². The molecule has 0 bridgehead atoms. The van der Waals surface area contributed by atoms with Crippen LogP contribution < -0.4 is 29.2 Å². The second kappa shape index (κ2) is 8.63. The van der Waals surface area contributed by atoms with Gasteiger partial charge in [-0.15, -0.1) is 0 Å². The van der Waals surface area contributed by atoms with Gasteiger partial charge >= 0.3 is 0 Å². The van der Waals surface area contributed by atoms with E-state index in [0.717, 1.165) is 13.0 Å². The lowest BCUT2D eigenvalue weighted by molar-refractivity contribution is 0.0936. The van der Waals surface area contributed by atoms with Gasteiger partial charge in [-0.2, -0.15) is 0 Å². The molecule has 2 fully saturated rings. The van der Waals surface area contributed by atoms with Crippen molar-refractivity contribution in [2.45, 2.75) is 31.7 Å². The number of methoxy groups -OCH3 is 1. The topological polar surface area (TPSA) is 82.2 Å². The molecular weight excluding hydrogens is 398 g/mol. The molecule has 1 aromatic heterocycles. The Hall–Kier alpha value is -3.00. The van der Waals surface area contributed by atoms with Crippen molar-refractivity contribution in [3.63, 3.8) is 0 Å². The van der Waals surface area contributed by atoms with Gasteiger partial charge in [0.25, 0.3) is 5.91 Å². The summed E-state index contributed by atoms with van der Waals surface area (Å²) < 4.78 is 23.0. The van der Waals surface area contributed by atoms with Crippen LogP contribution >= 0.6 is 0 Å². The van der Waals surface area contributed by atoms with Gasteiger partial charge in [-0.25, -0.2) is 4.98 Å². The third-order valence-corrected chi connectivity index (χ3v) is 5.89. The quantitative estimate of drug-likeness (QED) is 0.696. The minimum Gasteiger partial charge on any atom is -0.493 e. The van der Waals surface area contributed by atoms with Crippen molar-refractivity contribution in [2.75, 3.05) is 38.5 Å². The minimum absolute atomic E-state index is 0.104. The summed E-state index contributed by atoms with van der Waals surface area (Å²) in [6, 6.07) is 7.53. The van der Waals surface area contributed by atoms with Gasteiger partial charge in [-0.3, -0.25) is 9.69 Å². The lowest BCUT2D eigenvalue weighted by Gasteiger charge is -2.29. The SMILES string of the molecule is COc1cc(N2COc3cc(OCC4CC4)ncc3C2=O)ccc1OC[C@H]1CCCN1. The number of ether oxygens (including phenoxy) is 4. The molecule has 2 aliphatic heterocycles. The maximum Gasteiger partial charge on any atom is 0.266 e. The molecule has 1 saturated heterocycles. The molecule has 3 heterocycles. The molecule has 1 amide bonds. The highest BCUT2D eigenvalue weighted by Crippen LogP contribution is 2.36. The van der Waals surface area contributed by atoms with Gasteiger partial charge in [0.15, 0.2) is 18.2 Å². The van der Waals surface area contributed by atoms with Gasteiger partial charge in [0, 0.05) is 24.4 Å². The first kappa shape index (κ1) is 19.9. The van der Waals surface area contributed by atoms with Gasteiger partial charge in [0.1, 0.15) is 17.9 Å². The van der Waals surface area contributed by atoms with Gasteiger partial charge < -0.3 is 24.3 Å². The summed E-state index contributed by atoms with van der Waals surface area (Å²) in [5, 5.41) is 3.41. The largest absolute Gasteiger partial charge is 0.493 e. The number of fused-ring (bicyclic) bond motifs is 1. The van der Waals surface area contributed by atoms with E-state index in [9.17, 15) is 4.79 Å². The Balaban J connectivity index is 1.29. The number of nitrogens with one attached hydrogen (secondary N) is 1. The molecule has 8 heteroatoms. The zero-order valence-corrected chi connectivity index (χ0v) is 17.6. The van der Waals surface area contributed by atoms with E-state index in [2.05, 4.69) is 10.3 Å². The van der Waals surface area contributed by atoms with E-state index < -0.39 is 0 Å². The van der Waals surface area contributed by atoms with E-state index in [-0.39, 0.29) is 12.6 Å². The van der Waals surface area contributed by atoms with Crippen LogP contribution in [0.4, 0.5) is 5.69 Å². The summed E-state index contributed by atoms with van der Waals surface area (Å²) in [7, 11) is 1.59. The molecule has 1 saturated carbocycles. The molecule has 1 N–H and O–H groups in total. The monoisotopic (exact) mass is 425 g/mol. The standard InChI is InChI=1S/C23H27N3O5/c1-28-21-9-17(6-7-19(21)29-13-16-3-2-8-24-16)26-14-31-20-10-22(30-12-15-4-5-15)25-11-18(20)23(26)27/h6-7,9-11,15-16,24H,2-5,8,12-14H2,1H3/t16-/m1/s1. The van der Waals surface area contributed by atoms with E-state index in [1.165, 1.54) is 25.5 Å². The molecule has 8 nitrogen and oxygen atoms in total. The zero-order chi connectivity index (χ0) is 21.2. The molecule has 1 atom stereocenters. The van der Waals surface area contributed by atoms with E-state index in [1.807, 2.05) is 12.1 Å². The fourth-order valence-electron chi connectivity index (χ4n) is 3.83. The van der Waals surface area contributed by atoms with Gasteiger partial charge in [0.2, 0.25) is 5.88 Å². The predicted octanol–water partition coefficient (Wildman–Crippen LogP) is 3.01. The Labute approximate surface area is 181 Å². The number of anilines is 1. The van der Waals surface area contributed by atoms with Crippen LogP contribution in [0.1, 0.15) is 36.0 Å². The highest BCUT2D eigenvalue weighted by atomic mass is 16.5. The van der Waals surface area contributed by atoms with Crippen LogP contribution in [0.25, 0.3) is 0 Å². The number of nitrogens with zero attached hydrogens (tertiary/aromatic N) is 2. The normalized spacial score (nSPS) is 20.2. The molecule has 3 aliphatic rings. The van der Waals surface area contributed by atoms with Crippen LogP contribution in [-0.4, -0.2) is 50.5 Å². The summed E-state index contributed by atoms with van der Waals surface area (Å²) in [5.74, 6) is 2.69. The van der Waals surface area contributed by atoms with Gasteiger partial charge in [-0.05, 0) is 50.3 Å². The zero-order valence-electron chi connectivity index (χ0n) is 17.6. The van der Waals surface area contributed by atoms with Crippen LogP contribution in [0.3, 0.4) is 0 Å². The molecule has 1 aliphatic carbocycles. The number of hydrogen-bond donors (Lipinski definition) is 1. The molecular formula is C23H27N3O5. The first-order chi connectivity index (χ1) is 15.2. The van der Waals surface area contributed by atoms with Crippen molar-refractivity contribution < 1.29 is 23.7 Å². The highest BCUT2D eigenvalue weighted by molar-refractivity contribution is 6.08. The molecule has 164 valence electrons. The summed E-state index contributed by atoms with van der Waals surface area (Å²) in [6.45, 7) is 2.39. The summed E-state index contributed by atoms with van der Waals surface area (Å²) in [4.78, 5) is 18.9. The lowest BCUT2D eigenvalue weighted by atomic mass is 10.1. The lowest BCUT2D eigenvalue weighted by Crippen LogP contribution is -2.38. The second-order valence-electron chi connectivity index (χ2n) is 8.22. The van der Waals surface area contributed by atoms with Crippen molar-refractivity contribution in [3.05, 3.63) is 36.0 Å². The molecule has 0 radical (unpaired) electrons. The maximum absolute atomic E-state index is 13.1. The van der Waals surface area contributed by atoms with Crippen LogP contribution in [-0.2, 0) is 0 Å². The number of hydrogen-bond acceptors (Lipinski definition) is 7. The van der Waals surface area contributed by atoms with Crippen LogP contribution in [0, 0.1) is 5.92 Å². The molecule has 0 unspecified atom stereocenters. The highest BCUT2D eigenvalue weighted by Gasteiger charge is 2.29. The third-order valence-electron chi connectivity index (χ3n) is 5.89. The van der Waals surface area contributed by atoms with Crippen molar-refractivity contribution in [2.24, 2.45) is 5.92 Å². The fourth-order valence-corrected chi connectivity index (χ4v) is 3.83. The Bertz CT molecular complexity index is 956. The maximum atomic E-state index is 13.1. The van der Waals surface area contributed by atoms with Crippen LogP contribution in [0.2, 0.25) is 0 Å². The molecule has 1 aromatic carbocycles. The smallest absolute Gasteiger partial charge is 0.266 e. The number of aromatic nitrogens is 1. The van der Waals surface area contributed by atoms with Crippen molar-refractivity contribution >= 4 is 11.6 Å². The summed E-state index contributed by atoms with van der Waals surface area (Å²) in [5.41, 5.74) is 1.09. The first-order valence-electron chi connectivity index (χ1n) is 10.8. The van der Waals surface area contributed by atoms with Gasteiger partial charge in [0.05, 0.1) is 19.4 Å². The average molecular weight is 425 g/mol. The van der Waals surface area contributed by atoms with Gasteiger partial charge in [-0.1, -0.05) is 0 Å². The molecule has 2 aromatic rings. The minimum atomic E-state index is -0.173. The second-order valence-corrected chi connectivity index (χ2v) is 8.22. The van der Waals surface area contributed by atoms with Crippen molar-refractivity contribution in [1.82, 2.24) is 10.3 Å². The van der Waals surface area contributed by atoms with Crippen molar-refractivity contribution in [1.29, 1.82) is 0 Å².